The third-order valence-corrected chi connectivity index (χ3v) is 6.07. The van der Waals surface area contributed by atoms with Gasteiger partial charge in [0.05, 0.1) is 24.8 Å². The van der Waals surface area contributed by atoms with Crippen molar-refractivity contribution in [3.05, 3.63) is 94.5 Å². The number of amides is 1. The summed E-state index contributed by atoms with van der Waals surface area (Å²) in [6.45, 7) is 8.11. The number of ether oxygens (including phenoxy) is 2. The van der Waals surface area contributed by atoms with Crippen LogP contribution in [0.1, 0.15) is 61.7 Å². The molecule has 0 heterocycles. The number of hydrogen-bond donors (Lipinski definition) is 1. The van der Waals surface area contributed by atoms with Gasteiger partial charge in [-0.05, 0) is 87.1 Å². The maximum Gasteiger partial charge on any atom is 0.410 e. The summed E-state index contributed by atoms with van der Waals surface area (Å²) in [6, 6.07) is 22.5. The highest BCUT2D eigenvalue weighted by molar-refractivity contribution is 6.30. The molecule has 0 bridgehead atoms. The minimum absolute atomic E-state index is 0.102. The Bertz CT molecular complexity index is 1220. The molecule has 0 radical (unpaired) electrons. The Morgan fingerprint density at radius 2 is 1.68 bits per heavy atom. The van der Waals surface area contributed by atoms with Crippen LogP contribution in [0.5, 0.6) is 0 Å². The van der Waals surface area contributed by atoms with Crippen molar-refractivity contribution in [2.45, 2.75) is 52.2 Å². The lowest BCUT2D eigenvalue weighted by Gasteiger charge is -2.29. The first kappa shape index (κ1) is 29.2. The molecule has 3 aromatic rings. The minimum atomic E-state index is -0.883. The van der Waals surface area contributed by atoms with E-state index in [1.165, 1.54) is 0 Å². The van der Waals surface area contributed by atoms with E-state index in [9.17, 15) is 14.7 Å². The van der Waals surface area contributed by atoms with Crippen LogP contribution in [0.15, 0.2) is 72.8 Å². The molecule has 1 amide bonds. The van der Waals surface area contributed by atoms with Gasteiger partial charge < -0.3 is 19.5 Å². The van der Waals surface area contributed by atoms with E-state index in [1.54, 1.807) is 42.2 Å². The number of benzene rings is 3. The van der Waals surface area contributed by atoms with E-state index in [1.807, 2.05) is 63.2 Å². The second-order valence-corrected chi connectivity index (χ2v) is 10.5. The van der Waals surface area contributed by atoms with Crippen LogP contribution in [0.25, 0.3) is 11.1 Å². The van der Waals surface area contributed by atoms with Gasteiger partial charge in [0.15, 0.2) is 0 Å². The van der Waals surface area contributed by atoms with E-state index in [4.69, 9.17) is 21.1 Å². The average Bonchev–Trinajstić information content (AvgIpc) is 2.87. The molecule has 3 rings (SSSR count). The molecule has 38 heavy (non-hydrogen) atoms. The zero-order chi connectivity index (χ0) is 27.7. The topological polar surface area (TPSA) is 76.1 Å². The molecule has 0 aliphatic carbocycles. The predicted octanol–water partition coefficient (Wildman–Crippen LogP) is 7.09. The quantitative estimate of drug-likeness (QED) is 0.279. The maximum atomic E-state index is 12.9. The first-order valence-corrected chi connectivity index (χ1v) is 13.2. The lowest BCUT2D eigenvalue weighted by molar-refractivity contribution is 0.0142. The molecule has 0 aliphatic rings. The van der Waals surface area contributed by atoms with Gasteiger partial charge in [-0.2, -0.15) is 0 Å². The van der Waals surface area contributed by atoms with Crippen molar-refractivity contribution in [3.8, 4) is 11.1 Å². The number of nitrogens with zero attached hydrogens (tertiary/aromatic N) is 1. The Kier molecular flexibility index (Phi) is 10.3. The van der Waals surface area contributed by atoms with Gasteiger partial charge in [0.2, 0.25) is 0 Å². The maximum absolute atomic E-state index is 12.9. The lowest BCUT2D eigenvalue weighted by atomic mass is 10.0. The van der Waals surface area contributed by atoms with Crippen molar-refractivity contribution in [3.63, 3.8) is 0 Å². The number of rotatable bonds is 10. The van der Waals surface area contributed by atoms with Gasteiger partial charge >= 0.3 is 12.1 Å². The van der Waals surface area contributed by atoms with Gasteiger partial charge in [-0.15, -0.1) is 0 Å². The lowest BCUT2D eigenvalue weighted by Crippen LogP contribution is -2.40. The number of aliphatic hydroxyl groups excluding tert-OH is 1. The van der Waals surface area contributed by atoms with E-state index < -0.39 is 17.8 Å². The van der Waals surface area contributed by atoms with Crippen molar-refractivity contribution in [2.24, 2.45) is 0 Å². The third kappa shape index (κ3) is 8.89. The molecule has 0 fully saturated rings. The van der Waals surface area contributed by atoms with Gasteiger partial charge in [-0.3, -0.25) is 0 Å². The van der Waals surface area contributed by atoms with Crippen molar-refractivity contribution in [1.82, 2.24) is 4.90 Å². The molecule has 0 saturated heterocycles. The van der Waals surface area contributed by atoms with Gasteiger partial charge in [0, 0.05) is 11.6 Å². The summed E-state index contributed by atoms with van der Waals surface area (Å²) in [7, 11) is 0. The van der Waals surface area contributed by atoms with Gasteiger partial charge in [-0.25, -0.2) is 9.59 Å². The molecule has 3 aromatic carbocycles. The number of aliphatic hydroxyl groups is 1. The van der Waals surface area contributed by atoms with Gasteiger partial charge in [0.25, 0.3) is 0 Å². The second kappa shape index (κ2) is 13.4. The minimum Gasteiger partial charge on any atom is -0.462 e. The molecule has 202 valence electrons. The SMILES string of the molecule is CCOC(=O)c1cccc(-c2ccc(CCCN(C[C@H](O)c3cccc(Cl)c3)C(=O)OC(C)(C)C)cc2)c1. The molecular weight excluding hydrogens is 502 g/mol. The molecule has 0 spiro atoms. The monoisotopic (exact) mass is 537 g/mol. The molecule has 0 saturated carbocycles. The van der Waals surface area contributed by atoms with Gasteiger partial charge in [-0.1, -0.05) is 60.1 Å². The molecule has 1 N–H and O–H groups in total. The fourth-order valence-electron chi connectivity index (χ4n) is 3.99. The number of halogens is 1. The first-order chi connectivity index (χ1) is 18.1. The largest absolute Gasteiger partial charge is 0.462 e. The van der Waals surface area contributed by atoms with Crippen molar-refractivity contribution >= 4 is 23.7 Å². The summed E-state index contributed by atoms with van der Waals surface area (Å²) in [5.74, 6) is -0.332. The molecule has 0 aromatic heterocycles. The fourth-order valence-corrected chi connectivity index (χ4v) is 4.19. The zero-order valence-corrected chi connectivity index (χ0v) is 23.2. The van der Waals surface area contributed by atoms with Crippen LogP contribution in [-0.4, -0.2) is 47.4 Å². The van der Waals surface area contributed by atoms with Crippen LogP contribution in [0, 0.1) is 0 Å². The molecule has 0 unspecified atom stereocenters. The molecular formula is C31H36ClNO5. The van der Waals surface area contributed by atoms with Crippen LogP contribution in [0.2, 0.25) is 5.02 Å². The van der Waals surface area contributed by atoms with E-state index in [0.29, 0.717) is 35.7 Å². The summed E-state index contributed by atoms with van der Waals surface area (Å²) >= 11 is 6.07. The molecule has 6 nitrogen and oxygen atoms in total. The Balaban J connectivity index is 1.64. The second-order valence-electron chi connectivity index (χ2n) is 10.1. The van der Waals surface area contributed by atoms with Crippen LogP contribution < -0.4 is 0 Å². The van der Waals surface area contributed by atoms with E-state index in [0.717, 1.165) is 23.1 Å². The van der Waals surface area contributed by atoms with Crippen LogP contribution >= 0.6 is 11.6 Å². The van der Waals surface area contributed by atoms with Crippen molar-refractivity contribution in [2.75, 3.05) is 19.7 Å². The highest BCUT2D eigenvalue weighted by Crippen LogP contribution is 2.23. The zero-order valence-electron chi connectivity index (χ0n) is 22.4. The highest BCUT2D eigenvalue weighted by Gasteiger charge is 2.24. The number of carbonyl (C=O) groups is 2. The number of esters is 1. The molecule has 0 aliphatic heterocycles. The average molecular weight is 538 g/mol. The summed E-state index contributed by atoms with van der Waals surface area (Å²) in [6.07, 6.45) is 0.0934. The first-order valence-electron chi connectivity index (χ1n) is 12.8. The van der Waals surface area contributed by atoms with Crippen molar-refractivity contribution < 1.29 is 24.2 Å². The Morgan fingerprint density at radius 1 is 0.974 bits per heavy atom. The van der Waals surface area contributed by atoms with Crippen molar-refractivity contribution in [1.29, 1.82) is 0 Å². The summed E-state index contributed by atoms with van der Waals surface area (Å²) in [5, 5.41) is 11.3. The Morgan fingerprint density at radius 3 is 2.34 bits per heavy atom. The predicted molar refractivity (Wildman–Crippen MR) is 150 cm³/mol. The van der Waals surface area contributed by atoms with Crippen LogP contribution in [0.3, 0.4) is 0 Å². The Hall–Kier alpha value is -3.35. The van der Waals surface area contributed by atoms with E-state index in [-0.39, 0.29) is 12.5 Å². The smallest absolute Gasteiger partial charge is 0.410 e. The van der Waals surface area contributed by atoms with Gasteiger partial charge in [0.1, 0.15) is 5.60 Å². The van der Waals surface area contributed by atoms with E-state index >= 15 is 0 Å². The van der Waals surface area contributed by atoms with Crippen LogP contribution in [0.4, 0.5) is 4.79 Å². The number of carbonyl (C=O) groups excluding carboxylic acids is 2. The Labute approximate surface area is 230 Å². The number of aryl methyl sites for hydroxylation is 1. The summed E-state index contributed by atoms with van der Waals surface area (Å²) < 4.78 is 10.7. The standard InChI is InChI=1S/C31H36ClNO5/c1-5-37-29(35)26-12-6-10-24(19-26)23-16-14-22(15-17-23)9-8-18-33(30(36)38-31(2,3)4)21-28(34)25-11-7-13-27(32)20-25/h6-7,10-17,19-20,28,34H,5,8-9,18,21H2,1-4H3/t28-/m0/s1. The molecule has 7 heteroatoms. The highest BCUT2D eigenvalue weighted by atomic mass is 35.5. The van der Waals surface area contributed by atoms with E-state index in [2.05, 4.69) is 0 Å². The van der Waals surface area contributed by atoms with Crippen LogP contribution in [-0.2, 0) is 15.9 Å². The molecule has 1 atom stereocenters. The fraction of sp³-hybridized carbons (Fsp3) is 0.355. The summed E-state index contributed by atoms with van der Waals surface area (Å²) in [5.41, 5.74) is 3.59. The normalized spacial score (nSPS) is 12.1. The summed E-state index contributed by atoms with van der Waals surface area (Å²) in [4.78, 5) is 26.5. The number of hydrogen-bond acceptors (Lipinski definition) is 5. The third-order valence-electron chi connectivity index (χ3n) is 5.83.